The van der Waals surface area contributed by atoms with Crippen molar-refractivity contribution in [3.8, 4) is 5.75 Å². The van der Waals surface area contributed by atoms with Crippen LogP contribution in [0, 0.1) is 0 Å². The number of aryl methyl sites for hydroxylation is 1. The minimum atomic E-state index is 0.208. The molecule has 0 saturated carbocycles. The van der Waals surface area contributed by atoms with E-state index in [4.69, 9.17) is 16.3 Å². The van der Waals surface area contributed by atoms with Gasteiger partial charge in [-0.1, -0.05) is 18.5 Å². The molecule has 2 aromatic heterocycles. The lowest BCUT2D eigenvalue weighted by atomic mass is 10.1. The molecule has 1 saturated heterocycles. The Kier molecular flexibility index (Phi) is 4.55. The molecule has 7 heteroatoms. The second-order valence-electron chi connectivity index (χ2n) is 4.99. The van der Waals surface area contributed by atoms with Gasteiger partial charge in [-0.25, -0.2) is 4.98 Å². The molecule has 1 fully saturated rings. The van der Waals surface area contributed by atoms with Crippen molar-refractivity contribution in [2.75, 3.05) is 18.0 Å². The van der Waals surface area contributed by atoms with Crippen molar-refractivity contribution < 1.29 is 4.74 Å². The first-order valence-electron chi connectivity index (χ1n) is 7.09. The smallest absolute Gasteiger partial charge is 0.205 e. The molecular formula is C14H17ClN4OS. The predicted octanol–water partition coefficient (Wildman–Crippen LogP) is 3.20. The predicted molar refractivity (Wildman–Crippen MR) is 84.4 cm³/mol. The van der Waals surface area contributed by atoms with E-state index in [1.807, 2.05) is 0 Å². The zero-order valence-corrected chi connectivity index (χ0v) is 13.4. The molecule has 5 nitrogen and oxygen atoms in total. The summed E-state index contributed by atoms with van der Waals surface area (Å²) < 4.78 is 10.3. The molecule has 0 radical (unpaired) electrons. The monoisotopic (exact) mass is 324 g/mol. The van der Waals surface area contributed by atoms with Gasteiger partial charge in [0.05, 0.1) is 11.2 Å². The molecular weight excluding hydrogens is 308 g/mol. The van der Waals surface area contributed by atoms with Crippen LogP contribution in [0.3, 0.4) is 0 Å². The Labute approximate surface area is 133 Å². The van der Waals surface area contributed by atoms with Crippen LogP contribution in [0.5, 0.6) is 5.75 Å². The number of pyridine rings is 1. The van der Waals surface area contributed by atoms with E-state index in [-0.39, 0.29) is 6.10 Å². The molecule has 1 aliphatic heterocycles. The maximum Gasteiger partial charge on any atom is 0.205 e. The number of hydrogen-bond acceptors (Lipinski definition) is 6. The van der Waals surface area contributed by atoms with Crippen LogP contribution >= 0.6 is 23.1 Å². The Morgan fingerprint density at radius 1 is 1.38 bits per heavy atom. The Morgan fingerprint density at radius 3 is 2.86 bits per heavy atom. The van der Waals surface area contributed by atoms with E-state index in [1.165, 1.54) is 11.5 Å². The highest BCUT2D eigenvalue weighted by Crippen LogP contribution is 2.25. The van der Waals surface area contributed by atoms with Crippen LogP contribution in [-0.4, -0.2) is 33.5 Å². The van der Waals surface area contributed by atoms with Gasteiger partial charge in [-0.15, -0.1) is 0 Å². The largest absolute Gasteiger partial charge is 0.489 e. The Morgan fingerprint density at radius 2 is 2.19 bits per heavy atom. The fraction of sp³-hybridized carbons (Fsp3) is 0.500. The summed E-state index contributed by atoms with van der Waals surface area (Å²) in [6, 6.07) is 1.80. The molecule has 0 aromatic carbocycles. The lowest BCUT2D eigenvalue weighted by molar-refractivity contribution is 0.170. The lowest BCUT2D eigenvalue weighted by Crippen LogP contribution is -2.38. The van der Waals surface area contributed by atoms with E-state index in [9.17, 15) is 0 Å². The van der Waals surface area contributed by atoms with E-state index in [0.29, 0.717) is 5.02 Å². The van der Waals surface area contributed by atoms with Gasteiger partial charge in [-0.05, 0) is 0 Å². The number of rotatable bonds is 4. The Hall–Kier alpha value is -1.40. The van der Waals surface area contributed by atoms with Crippen molar-refractivity contribution in [2.24, 2.45) is 0 Å². The summed E-state index contributed by atoms with van der Waals surface area (Å²) in [6.45, 7) is 3.96. The zero-order valence-electron chi connectivity index (χ0n) is 11.8. The maximum absolute atomic E-state index is 5.94. The summed E-state index contributed by atoms with van der Waals surface area (Å²) in [5, 5.41) is 1.63. The van der Waals surface area contributed by atoms with Crippen molar-refractivity contribution in [1.29, 1.82) is 0 Å². The molecule has 1 aliphatic rings. The third-order valence-corrected chi connectivity index (χ3v) is 4.49. The maximum atomic E-state index is 5.94. The minimum Gasteiger partial charge on any atom is -0.489 e. The van der Waals surface area contributed by atoms with Gasteiger partial charge in [0, 0.05) is 56.1 Å². The number of aromatic nitrogens is 3. The first kappa shape index (κ1) is 14.5. The molecule has 0 N–H and O–H groups in total. The second kappa shape index (κ2) is 6.58. The summed E-state index contributed by atoms with van der Waals surface area (Å²) in [7, 11) is 0. The second-order valence-corrected chi connectivity index (χ2v) is 6.16. The summed E-state index contributed by atoms with van der Waals surface area (Å²) in [6.07, 6.45) is 6.34. The van der Waals surface area contributed by atoms with Gasteiger partial charge in [-0.2, -0.15) is 4.37 Å². The molecule has 2 aromatic rings. The van der Waals surface area contributed by atoms with Crippen LogP contribution in [0.1, 0.15) is 25.6 Å². The molecule has 21 heavy (non-hydrogen) atoms. The first-order valence-corrected chi connectivity index (χ1v) is 8.24. The number of piperidine rings is 1. The number of hydrogen-bond donors (Lipinski definition) is 0. The van der Waals surface area contributed by atoms with E-state index >= 15 is 0 Å². The summed E-state index contributed by atoms with van der Waals surface area (Å²) in [5.41, 5.74) is 0. The third kappa shape index (κ3) is 3.63. The van der Waals surface area contributed by atoms with E-state index in [2.05, 4.69) is 26.2 Å². The van der Waals surface area contributed by atoms with Crippen LogP contribution < -0.4 is 9.64 Å². The van der Waals surface area contributed by atoms with Crippen molar-refractivity contribution in [1.82, 2.24) is 14.3 Å². The molecule has 3 rings (SSSR count). The Balaban J connectivity index is 1.55. The van der Waals surface area contributed by atoms with E-state index in [1.54, 1.807) is 18.5 Å². The number of halogens is 1. The van der Waals surface area contributed by atoms with Crippen LogP contribution in [0.25, 0.3) is 0 Å². The molecule has 3 heterocycles. The van der Waals surface area contributed by atoms with Gasteiger partial charge < -0.3 is 9.64 Å². The SMILES string of the molecule is CCc1nsc(N2CCC(Oc3cncc(Cl)c3)CC2)n1. The van der Waals surface area contributed by atoms with Crippen LogP contribution in [0.15, 0.2) is 18.5 Å². The molecule has 0 unspecified atom stereocenters. The average molecular weight is 325 g/mol. The third-order valence-electron chi connectivity index (χ3n) is 3.47. The standard InChI is InChI=1S/C14H17ClN4OS/c1-2-13-17-14(21-18-13)19-5-3-11(4-6-19)20-12-7-10(15)8-16-9-12/h7-9,11H,2-6H2,1H3. The van der Waals surface area contributed by atoms with Gasteiger partial charge in [-0.3, -0.25) is 4.98 Å². The fourth-order valence-electron chi connectivity index (χ4n) is 2.33. The first-order chi connectivity index (χ1) is 10.2. The average Bonchev–Trinajstić information content (AvgIpc) is 2.97. The highest BCUT2D eigenvalue weighted by atomic mass is 35.5. The minimum absolute atomic E-state index is 0.208. The number of nitrogens with zero attached hydrogens (tertiary/aromatic N) is 4. The van der Waals surface area contributed by atoms with Gasteiger partial charge in [0.15, 0.2) is 0 Å². The van der Waals surface area contributed by atoms with Crippen LogP contribution in [0.4, 0.5) is 5.13 Å². The van der Waals surface area contributed by atoms with Crippen LogP contribution in [-0.2, 0) is 6.42 Å². The quantitative estimate of drug-likeness (QED) is 0.864. The highest BCUT2D eigenvalue weighted by molar-refractivity contribution is 7.09. The van der Waals surface area contributed by atoms with Crippen molar-refractivity contribution >= 4 is 28.3 Å². The lowest BCUT2D eigenvalue weighted by Gasteiger charge is -2.31. The molecule has 112 valence electrons. The fourth-order valence-corrected chi connectivity index (χ4v) is 3.30. The van der Waals surface area contributed by atoms with Gasteiger partial charge >= 0.3 is 0 Å². The van der Waals surface area contributed by atoms with Crippen molar-refractivity contribution in [2.45, 2.75) is 32.3 Å². The molecule has 0 amide bonds. The summed E-state index contributed by atoms with van der Waals surface area (Å²) in [4.78, 5) is 10.9. The zero-order chi connectivity index (χ0) is 14.7. The number of anilines is 1. The summed E-state index contributed by atoms with van der Waals surface area (Å²) in [5.74, 6) is 1.67. The molecule has 0 spiro atoms. The van der Waals surface area contributed by atoms with Gasteiger partial charge in [0.25, 0.3) is 0 Å². The Bertz CT molecular complexity index is 598. The van der Waals surface area contributed by atoms with Crippen LogP contribution in [0.2, 0.25) is 5.02 Å². The molecule has 0 bridgehead atoms. The topological polar surface area (TPSA) is 51.1 Å². The molecule has 0 aliphatic carbocycles. The van der Waals surface area contributed by atoms with Crippen molar-refractivity contribution in [3.63, 3.8) is 0 Å². The van der Waals surface area contributed by atoms with Crippen molar-refractivity contribution in [3.05, 3.63) is 29.3 Å². The van der Waals surface area contributed by atoms with Gasteiger partial charge in [0.2, 0.25) is 5.13 Å². The van der Waals surface area contributed by atoms with Gasteiger partial charge in [0.1, 0.15) is 17.7 Å². The number of ether oxygens (including phenoxy) is 1. The van der Waals surface area contributed by atoms with E-state index < -0.39 is 0 Å². The summed E-state index contributed by atoms with van der Waals surface area (Å²) >= 11 is 7.40. The highest BCUT2D eigenvalue weighted by Gasteiger charge is 2.23. The van der Waals surface area contributed by atoms with E-state index in [0.717, 1.165) is 49.1 Å². The normalized spacial score (nSPS) is 16.2. The molecule has 0 atom stereocenters.